The van der Waals surface area contributed by atoms with E-state index in [0.717, 1.165) is 5.56 Å². The van der Waals surface area contributed by atoms with Crippen molar-refractivity contribution in [1.29, 1.82) is 0 Å². The first-order chi connectivity index (χ1) is 13.2. The Balaban J connectivity index is 0.00000392. The summed E-state index contributed by atoms with van der Waals surface area (Å²) < 4.78 is 16.8. The van der Waals surface area contributed by atoms with Crippen LogP contribution < -0.4 is 24.8 Å². The van der Waals surface area contributed by atoms with E-state index in [1.165, 1.54) is 0 Å². The number of ether oxygens (including phenoxy) is 3. The number of nitrogens with zero attached hydrogens (tertiary/aromatic N) is 2. The number of hydrogen-bond acceptors (Lipinski definition) is 5. The highest BCUT2D eigenvalue weighted by molar-refractivity contribution is 14.0. The molecule has 1 atom stereocenters. The van der Waals surface area contributed by atoms with Crippen LogP contribution >= 0.6 is 24.0 Å². The average Bonchev–Trinajstić information content (AvgIpc) is 2.70. The van der Waals surface area contributed by atoms with Gasteiger partial charge in [0.05, 0.1) is 20.3 Å². The van der Waals surface area contributed by atoms with E-state index in [9.17, 15) is 0 Å². The van der Waals surface area contributed by atoms with Crippen molar-refractivity contribution in [1.82, 2.24) is 15.6 Å². The van der Waals surface area contributed by atoms with E-state index in [2.05, 4.69) is 20.6 Å². The maximum Gasteiger partial charge on any atom is 0.218 e. The summed E-state index contributed by atoms with van der Waals surface area (Å²) >= 11 is 0. The number of benzene rings is 1. The van der Waals surface area contributed by atoms with Crippen LogP contribution in [-0.2, 0) is 6.54 Å². The topological polar surface area (TPSA) is 77.0 Å². The van der Waals surface area contributed by atoms with Gasteiger partial charge in [0.2, 0.25) is 5.88 Å². The van der Waals surface area contributed by atoms with Crippen LogP contribution in [0.2, 0.25) is 0 Å². The zero-order valence-corrected chi connectivity index (χ0v) is 19.1. The van der Waals surface area contributed by atoms with E-state index in [0.29, 0.717) is 43.0 Å². The Hall–Kier alpha value is -2.23. The van der Waals surface area contributed by atoms with Crippen LogP contribution in [-0.4, -0.2) is 44.4 Å². The first-order valence-electron chi connectivity index (χ1n) is 8.98. The number of hydrogen-bond donors (Lipinski definition) is 2. The SMILES string of the molecule is CCOc1ncccc1CNC(=NC)NCC(C)Oc1ccccc1OC.I. The van der Waals surface area contributed by atoms with Crippen molar-refractivity contribution in [3.63, 3.8) is 0 Å². The molecule has 2 N–H and O–H groups in total. The lowest BCUT2D eigenvalue weighted by atomic mass is 10.2. The summed E-state index contributed by atoms with van der Waals surface area (Å²) in [4.78, 5) is 8.50. The first kappa shape index (κ1) is 23.8. The number of halogens is 1. The fraction of sp³-hybridized carbons (Fsp3) is 0.400. The number of aliphatic imine (C=N–C) groups is 1. The van der Waals surface area contributed by atoms with E-state index in [4.69, 9.17) is 14.2 Å². The highest BCUT2D eigenvalue weighted by Gasteiger charge is 2.10. The number of rotatable bonds is 9. The molecule has 0 bridgehead atoms. The second kappa shape index (κ2) is 13.0. The Morgan fingerprint density at radius 3 is 2.57 bits per heavy atom. The highest BCUT2D eigenvalue weighted by atomic mass is 127. The summed E-state index contributed by atoms with van der Waals surface area (Å²) in [6.45, 7) is 5.65. The lowest BCUT2D eigenvalue weighted by Crippen LogP contribution is -2.41. The van der Waals surface area contributed by atoms with Gasteiger partial charge in [-0.25, -0.2) is 4.98 Å². The molecule has 8 heteroatoms. The Morgan fingerprint density at radius 1 is 1.14 bits per heavy atom. The summed E-state index contributed by atoms with van der Waals surface area (Å²) in [6, 6.07) is 11.5. The molecular formula is C20H29IN4O3. The number of methoxy groups -OCH3 is 1. The molecule has 0 amide bonds. The summed E-state index contributed by atoms with van der Waals surface area (Å²) in [5.74, 6) is 2.74. The molecule has 1 aromatic heterocycles. The largest absolute Gasteiger partial charge is 0.493 e. The fourth-order valence-electron chi connectivity index (χ4n) is 2.44. The van der Waals surface area contributed by atoms with Gasteiger partial charge in [-0.1, -0.05) is 18.2 Å². The Bertz CT molecular complexity index is 743. The van der Waals surface area contributed by atoms with Gasteiger partial charge in [0.25, 0.3) is 0 Å². The van der Waals surface area contributed by atoms with Gasteiger partial charge in [-0.3, -0.25) is 4.99 Å². The monoisotopic (exact) mass is 500 g/mol. The molecule has 0 saturated carbocycles. The van der Waals surface area contributed by atoms with Gasteiger partial charge < -0.3 is 24.8 Å². The van der Waals surface area contributed by atoms with Crippen molar-refractivity contribution in [3.05, 3.63) is 48.2 Å². The predicted octanol–water partition coefficient (Wildman–Crippen LogP) is 3.24. The van der Waals surface area contributed by atoms with Crippen molar-refractivity contribution in [2.75, 3.05) is 27.3 Å². The Labute approximate surface area is 183 Å². The minimum Gasteiger partial charge on any atom is -0.493 e. The molecule has 0 aliphatic rings. The van der Waals surface area contributed by atoms with Gasteiger partial charge in [-0.15, -0.1) is 24.0 Å². The van der Waals surface area contributed by atoms with Crippen LogP contribution in [0.5, 0.6) is 17.4 Å². The molecule has 0 aliphatic heterocycles. The van der Waals surface area contributed by atoms with Gasteiger partial charge in [-0.2, -0.15) is 0 Å². The van der Waals surface area contributed by atoms with Crippen LogP contribution in [0.25, 0.3) is 0 Å². The molecule has 1 unspecified atom stereocenters. The fourth-order valence-corrected chi connectivity index (χ4v) is 2.44. The lowest BCUT2D eigenvalue weighted by molar-refractivity contribution is 0.213. The van der Waals surface area contributed by atoms with E-state index < -0.39 is 0 Å². The maximum absolute atomic E-state index is 5.94. The minimum atomic E-state index is -0.0720. The van der Waals surface area contributed by atoms with Gasteiger partial charge in [0, 0.05) is 25.4 Å². The molecule has 0 spiro atoms. The third-order valence-corrected chi connectivity index (χ3v) is 3.76. The Morgan fingerprint density at radius 2 is 1.89 bits per heavy atom. The van der Waals surface area contributed by atoms with Gasteiger partial charge in [-0.05, 0) is 32.0 Å². The number of nitrogens with one attached hydrogen (secondary N) is 2. The Kier molecular flexibility index (Phi) is 11.1. The van der Waals surface area contributed by atoms with Crippen molar-refractivity contribution in [2.45, 2.75) is 26.5 Å². The van der Waals surface area contributed by atoms with Gasteiger partial charge in [0.1, 0.15) is 6.10 Å². The number of aromatic nitrogens is 1. The zero-order valence-electron chi connectivity index (χ0n) is 16.8. The van der Waals surface area contributed by atoms with Crippen molar-refractivity contribution in [2.24, 2.45) is 4.99 Å². The smallest absolute Gasteiger partial charge is 0.218 e. The van der Waals surface area contributed by atoms with E-state index in [1.54, 1.807) is 20.4 Å². The van der Waals surface area contributed by atoms with Crippen molar-refractivity contribution in [3.8, 4) is 17.4 Å². The molecular weight excluding hydrogens is 471 g/mol. The van der Waals surface area contributed by atoms with Crippen molar-refractivity contribution >= 4 is 29.9 Å². The molecule has 0 radical (unpaired) electrons. The number of guanidine groups is 1. The van der Waals surface area contributed by atoms with Crippen molar-refractivity contribution < 1.29 is 14.2 Å². The molecule has 0 fully saturated rings. The number of para-hydroxylation sites is 2. The first-order valence-corrected chi connectivity index (χ1v) is 8.98. The van der Waals surface area contributed by atoms with Crippen LogP contribution in [0, 0.1) is 0 Å². The van der Waals surface area contributed by atoms with Crippen LogP contribution in [0.1, 0.15) is 19.4 Å². The quantitative estimate of drug-likeness (QED) is 0.313. The summed E-state index contributed by atoms with van der Waals surface area (Å²) in [7, 11) is 3.36. The van der Waals surface area contributed by atoms with E-state index >= 15 is 0 Å². The third-order valence-electron chi connectivity index (χ3n) is 3.76. The molecule has 154 valence electrons. The molecule has 0 aliphatic carbocycles. The maximum atomic E-state index is 5.94. The number of pyridine rings is 1. The molecule has 2 aromatic rings. The second-order valence-corrected chi connectivity index (χ2v) is 5.79. The summed E-state index contributed by atoms with van der Waals surface area (Å²) in [6.07, 6.45) is 1.65. The molecule has 2 rings (SSSR count). The normalized spacial score (nSPS) is 11.8. The average molecular weight is 500 g/mol. The third kappa shape index (κ3) is 7.41. The summed E-state index contributed by atoms with van der Waals surface area (Å²) in [5.41, 5.74) is 0.973. The molecule has 1 heterocycles. The van der Waals surface area contributed by atoms with E-state index in [1.807, 2.05) is 50.2 Å². The standard InChI is InChI=1S/C20H28N4O3.HI/c1-5-26-19-16(9-8-12-22-19)14-24-20(21-3)23-13-15(2)27-18-11-7-6-10-17(18)25-4;/h6-12,15H,5,13-14H2,1-4H3,(H2,21,23,24);1H. The van der Waals surface area contributed by atoms with Crippen LogP contribution in [0.3, 0.4) is 0 Å². The molecule has 7 nitrogen and oxygen atoms in total. The van der Waals surface area contributed by atoms with Crippen LogP contribution in [0.15, 0.2) is 47.6 Å². The predicted molar refractivity (Wildman–Crippen MR) is 122 cm³/mol. The summed E-state index contributed by atoms with van der Waals surface area (Å²) in [5, 5.41) is 6.53. The zero-order chi connectivity index (χ0) is 19.5. The van der Waals surface area contributed by atoms with E-state index in [-0.39, 0.29) is 30.1 Å². The lowest BCUT2D eigenvalue weighted by Gasteiger charge is -2.19. The second-order valence-electron chi connectivity index (χ2n) is 5.79. The molecule has 0 saturated heterocycles. The van der Waals surface area contributed by atoms with Crippen LogP contribution in [0.4, 0.5) is 0 Å². The molecule has 28 heavy (non-hydrogen) atoms. The minimum absolute atomic E-state index is 0. The molecule has 1 aromatic carbocycles. The van der Waals surface area contributed by atoms with Gasteiger partial charge in [0.15, 0.2) is 17.5 Å². The highest BCUT2D eigenvalue weighted by Crippen LogP contribution is 2.26. The van der Waals surface area contributed by atoms with Gasteiger partial charge >= 0.3 is 0 Å².